The Kier molecular flexibility index (Phi) is 4.57. The number of aromatic nitrogens is 10. The van der Waals surface area contributed by atoms with E-state index < -0.39 is 0 Å². The predicted molar refractivity (Wildman–Crippen MR) is 95.6 cm³/mol. The van der Waals surface area contributed by atoms with Crippen LogP contribution in [0.1, 0.15) is 13.0 Å². The fourth-order valence-corrected chi connectivity index (χ4v) is 2.83. The van der Waals surface area contributed by atoms with Gasteiger partial charge in [-0.2, -0.15) is 4.80 Å². The number of ether oxygens (including phenoxy) is 1. The quantitative estimate of drug-likeness (QED) is 0.371. The van der Waals surface area contributed by atoms with Gasteiger partial charge in [0, 0.05) is 7.11 Å². The lowest BCUT2D eigenvalue weighted by Gasteiger charge is -2.12. The summed E-state index contributed by atoms with van der Waals surface area (Å²) in [5.74, 6) is 0. The van der Waals surface area contributed by atoms with Crippen LogP contribution in [0.4, 0.5) is 0 Å². The van der Waals surface area contributed by atoms with Crippen molar-refractivity contribution in [2.24, 2.45) is 0 Å². The van der Waals surface area contributed by atoms with Gasteiger partial charge in [-0.1, -0.05) is 10.4 Å². The topological polar surface area (TPSA) is 148 Å². The van der Waals surface area contributed by atoms with Crippen molar-refractivity contribution in [2.75, 3.05) is 13.7 Å². The molecule has 1 aromatic carbocycles. The van der Waals surface area contributed by atoms with Crippen molar-refractivity contribution in [2.45, 2.75) is 26.1 Å². The van der Waals surface area contributed by atoms with Crippen molar-refractivity contribution in [1.82, 2.24) is 50.2 Å². The standard InChI is InChI=1S/C15H16N10O3/c1-9(7-24-17-8-16-20-24)25-15(27)11-6-12-10(5-13(11)19-22-25)14(26)23(21-18-12)3-4-28-2/h5-6,8-9H,3-4,7H2,1-2H3/t9-/m1/s1. The molecule has 4 rings (SSSR count). The third kappa shape index (κ3) is 3.11. The van der Waals surface area contributed by atoms with Crippen LogP contribution in [0.15, 0.2) is 28.0 Å². The molecule has 13 heteroatoms. The number of tetrazole rings is 1. The summed E-state index contributed by atoms with van der Waals surface area (Å²) in [5, 5.41) is 28.0. The zero-order valence-electron chi connectivity index (χ0n) is 15.1. The molecule has 0 saturated heterocycles. The van der Waals surface area contributed by atoms with Crippen LogP contribution in [0.5, 0.6) is 0 Å². The van der Waals surface area contributed by atoms with Crippen LogP contribution in [0, 0.1) is 0 Å². The van der Waals surface area contributed by atoms with Crippen LogP contribution in [0.3, 0.4) is 0 Å². The van der Waals surface area contributed by atoms with Crippen LogP contribution in [0.2, 0.25) is 0 Å². The summed E-state index contributed by atoms with van der Waals surface area (Å²) >= 11 is 0. The number of rotatable bonds is 6. The van der Waals surface area contributed by atoms with Crippen molar-refractivity contribution in [1.29, 1.82) is 0 Å². The first-order chi connectivity index (χ1) is 13.6. The second kappa shape index (κ2) is 7.19. The van der Waals surface area contributed by atoms with E-state index in [9.17, 15) is 9.59 Å². The highest BCUT2D eigenvalue weighted by Crippen LogP contribution is 2.14. The van der Waals surface area contributed by atoms with Crippen molar-refractivity contribution >= 4 is 21.8 Å². The van der Waals surface area contributed by atoms with Crippen molar-refractivity contribution in [3.05, 3.63) is 39.2 Å². The van der Waals surface area contributed by atoms with E-state index in [1.165, 1.54) is 39.7 Å². The molecule has 0 fully saturated rings. The molecule has 3 aromatic heterocycles. The normalized spacial score (nSPS) is 12.6. The molecule has 0 aliphatic carbocycles. The first kappa shape index (κ1) is 17.8. The molecule has 0 unspecified atom stereocenters. The summed E-state index contributed by atoms with van der Waals surface area (Å²) < 4.78 is 7.41. The SMILES string of the molecule is COCCn1nnc2cc3c(=O)n([C@H](C)Cn4ncnn4)nnc3cc2c1=O. The molecule has 144 valence electrons. The second-order valence-electron chi connectivity index (χ2n) is 6.18. The monoisotopic (exact) mass is 384 g/mol. The van der Waals surface area contributed by atoms with Gasteiger partial charge in [-0.05, 0) is 24.3 Å². The summed E-state index contributed by atoms with van der Waals surface area (Å²) in [6, 6.07) is 2.66. The first-order valence-corrected chi connectivity index (χ1v) is 8.45. The Morgan fingerprint density at radius 2 is 1.75 bits per heavy atom. The highest BCUT2D eigenvalue weighted by molar-refractivity contribution is 5.93. The molecule has 1 atom stereocenters. The van der Waals surface area contributed by atoms with Gasteiger partial charge in [-0.25, -0.2) is 9.36 Å². The summed E-state index contributed by atoms with van der Waals surface area (Å²) in [6.07, 6.45) is 1.31. The van der Waals surface area contributed by atoms with Crippen LogP contribution < -0.4 is 11.1 Å². The smallest absolute Gasteiger partial charge is 0.277 e. The van der Waals surface area contributed by atoms with E-state index in [-0.39, 0.29) is 23.7 Å². The summed E-state index contributed by atoms with van der Waals surface area (Å²) in [5.41, 5.74) is -0.0675. The van der Waals surface area contributed by atoms with Gasteiger partial charge in [-0.15, -0.1) is 20.4 Å². The number of fused-ring (bicyclic) bond motifs is 2. The lowest BCUT2D eigenvalue weighted by atomic mass is 10.2. The molecule has 0 bridgehead atoms. The molecular weight excluding hydrogens is 368 g/mol. The van der Waals surface area contributed by atoms with E-state index >= 15 is 0 Å². The minimum atomic E-state index is -0.359. The molecule has 0 aliphatic heterocycles. The average molecular weight is 384 g/mol. The van der Waals surface area contributed by atoms with E-state index in [1.54, 1.807) is 6.92 Å². The molecule has 0 saturated carbocycles. The van der Waals surface area contributed by atoms with Gasteiger partial charge in [0.1, 0.15) is 11.0 Å². The fourth-order valence-electron chi connectivity index (χ4n) is 2.83. The van der Waals surface area contributed by atoms with Gasteiger partial charge < -0.3 is 4.74 Å². The Morgan fingerprint density at radius 3 is 2.43 bits per heavy atom. The maximum atomic E-state index is 12.9. The van der Waals surface area contributed by atoms with E-state index in [2.05, 4.69) is 36.0 Å². The number of hydrogen-bond donors (Lipinski definition) is 0. The van der Waals surface area contributed by atoms with Gasteiger partial charge >= 0.3 is 0 Å². The van der Waals surface area contributed by atoms with E-state index in [0.717, 1.165) is 0 Å². The van der Waals surface area contributed by atoms with E-state index in [4.69, 9.17) is 4.74 Å². The minimum Gasteiger partial charge on any atom is -0.383 e. The van der Waals surface area contributed by atoms with Gasteiger partial charge in [0.05, 0.1) is 36.5 Å². The second-order valence-corrected chi connectivity index (χ2v) is 6.18. The molecule has 13 nitrogen and oxygen atoms in total. The lowest BCUT2D eigenvalue weighted by Crippen LogP contribution is -2.30. The van der Waals surface area contributed by atoms with Crippen molar-refractivity contribution in [3.8, 4) is 0 Å². The Labute approximate surface area is 156 Å². The zero-order chi connectivity index (χ0) is 19.7. The Bertz CT molecular complexity index is 1250. The highest BCUT2D eigenvalue weighted by Gasteiger charge is 2.16. The highest BCUT2D eigenvalue weighted by atomic mass is 16.5. The average Bonchev–Trinajstić information content (AvgIpc) is 3.20. The Hall–Kier alpha value is -3.61. The first-order valence-electron chi connectivity index (χ1n) is 8.45. The predicted octanol–water partition coefficient (Wildman–Crippen LogP) is -1.21. The molecule has 4 aromatic rings. The van der Waals surface area contributed by atoms with Gasteiger partial charge in [-0.3, -0.25) is 9.59 Å². The van der Waals surface area contributed by atoms with Crippen LogP contribution in [-0.2, 0) is 17.8 Å². The number of methoxy groups -OCH3 is 1. The zero-order valence-corrected chi connectivity index (χ0v) is 15.1. The third-order valence-electron chi connectivity index (χ3n) is 4.27. The van der Waals surface area contributed by atoms with Gasteiger partial charge in [0.15, 0.2) is 6.33 Å². The number of benzene rings is 1. The van der Waals surface area contributed by atoms with Crippen LogP contribution in [0.25, 0.3) is 21.8 Å². The number of nitrogens with zero attached hydrogens (tertiary/aromatic N) is 10. The molecule has 0 amide bonds. The molecular formula is C15H16N10O3. The Morgan fingerprint density at radius 1 is 1.04 bits per heavy atom. The molecule has 0 spiro atoms. The molecule has 0 radical (unpaired) electrons. The van der Waals surface area contributed by atoms with Crippen molar-refractivity contribution in [3.63, 3.8) is 0 Å². The van der Waals surface area contributed by atoms with Crippen LogP contribution in [-0.4, -0.2) is 63.9 Å². The largest absolute Gasteiger partial charge is 0.383 e. The van der Waals surface area contributed by atoms with Gasteiger partial charge in [0.2, 0.25) is 0 Å². The summed E-state index contributed by atoms with van der Waals surface area (Å²) in [6.45, 7) is 2.70. The van der Waals surface area contributed by atoms with E-state index in [0.29, 0.717) is 35.0 Å². The van der Waals surface area contributed by atoms with E-state index in [1.807, 2.05) is 0 Å². The summed E-state index contributed by atoms with van der Waals surface area (Å²) in [4.78, 5) is 26.8. The third-order valence-corrected chi connectivity index (χ3v) is 4.27. The molecule has 0 N–H and O–H groups in total. The minimum absolute atomic E-state index is 0.275. The van der Waals surface area contributed by atoms with Crippen molar-refractivity contribution < 1.29 is 4.74 Å². The molecule has 28 heavy (non-hydrogen) atoms. The Balaban J connectivity index is 1.79. The lowest BCUT2D eigenvalue weighted by molar-refractivity contribution is 0.181. The maximum Gasteiger partial charge on any atom is 0.277 e. The molecule has 0 aliphatic rings. The van der Waals surface area contributed by atoms with Gasteiger partial charge in [0.25, 0.3) is 11.1 Å². The fraction of sp³-hybridized carbons (Fsp3) is 0.400. The van der Waals surface area contributed by atoms with Crippen LogP contribution >= 0.6 is 0 Å². The maximum absolute atomic E-state index is 12.9. The number of hydrogen-bond acceptors (Lipinski definition) is 10. The summed E-state index contributed by atoms with van der Waals surface area (Å²) in [7, 11) is 1.54. The molecule has 3 heterocycles.